The summed E-state index contributed by atoms with van der Waals surface area (Å²) in [5.41, 5.74) is 0. The summed E-state index contributed by atoms with van der Waals surface area (Å²) >= 11 is 5.08. The second-order valence-corrected chi connectivity index (χ2v) is 5.85. The predicted molar refractivity (Wildman–Crippen MR) is 69.6 cm³/mol. The van der Waals surface area contributed by atoms with Crippen molar-refractivity contribution in [2.75, 3.05) is 6.61 Å². The second-order valence-electron chi connectivity index (χ2n) is 3.30. The van der Waals surface area contributed by atoms with Crippen LogP contribution in [0, 0.1) is 0 Å². The molecular weight excluding hydrogens is 290 g/mol. The molecule has 1 unspecified atom stereocenters. The van der Waals surface area contributed by atoms with Gasteiger partial charge in [0, 0.05) is 11.4 Å². The molecule has 1 aromatic rings. The zero-order chi connectivity index (χ0) is 12.0. The summed E-state index contributed by atoms with van der Waals surface area (Å²) in [6, 6.07) is 3.84. The first kappa shape index (κ1) is 13.7. The molecule has 1 heterocycles. The van der Waals surface area contributed by atoms with E-state index in [0.717, 1.165) is 10.2 Å². The summed E-state index contributed by atoms with van der Waals surface area (Å²) in [4.78, 5) is 12.7. The van der Waals surface area contributed by atoms with Gasteiger partial charge in [-0.2, -0.15) is 0 Å². The van der Waals surface area contributed by atoms with E-state index < -0.39 is 0 Å². The lowest BCUT2D eigenvalue weighted by Gasteiger charge is -2.14. The summed E-state index contributed by atoms with van der Waals surface area (Å²) in [5, 5.41) is 3.20. The van der Waals surface area contributed by atoms with Gasteiger partial charge in [0.1, 0.15) is 6.04 Å². The van der Waals surface area contributed by atoms with Gasteiger partial charge in [-0.3, -0.25) is 10.1 Å². The standard InChI is InChI=1S/C11H16BrNO2S/c1-3-9(11(14)15-4-2)13-7-8-5-6-10(12)16-8/h5-6,9,13H,3-4,7H2,1-2H3. The lowest BCUT2D eigenvalue weighted by Crippen LogP contribution is -2.36. The van der Waals surface area contributed by atoms with Crippen LogP contribution < -0.4 is 5.32 Å². The van der Waals surface area contributed by atoms with E-state index in [9.17, 15) is 4.79 Å². The van der Waals surface area contributed by atoms with E-state index in [1.54, 1.807) is 11.3 Å². The average molecular weight is 306 g/mol. The van der Waals surface area contributed by atoms with Crippen LogP contribution in [0.4, 0.5) is 0 Å². The van der Waals surface area contributed by atoms with Gasteiger partial charge in [0.25, 0.3) is 0 Å². The number of carbonyl (C=O) groups is 1. The highest BCUT2D eigenvalue weighted by Crippen LogP contribution is 2.21. The number of hydrogen-bond acceptors (Lipinski definition) is 4. The van der Waals surface area contributed by atoms with E-state index >= 15 is 0 Å². The van der Waals surface area contributed by atoms with Crippen LogP contribution in [0.25, 0.3) is 0 Å². The Bertz CT molecular complexity index is 340. The Morgan fingerprint density at radius 2 is 2.31 bits per heavy atom. The van der Waals surface area contributed by atoms with E-state index in [-0.39, 0.29) is 12.0 Å². The summed E-state index contributed by atoms with van der Waals surface area (Å²) in [6.07, 6.45) is 0.741. The highest BCUT2D eigenvalue weighted by molar-refractivity contribution is 9.11. The third-order valence-electron chi connectivity index (χ3n) is 2.13. The van der Waals surface area contributed by atoms with Crippen molar-refractivity contribution < 1.29 is 9.53 Å². The molecule has 1 aromatic heterocycles. The molecule has 3 nitrogen and oxygen atoms in total. The molecule has 0 saturated carbocycles. The lowest BCUT2D eigenvalue weighted by atomic mass is 10.2. The van der Waals surface area contributed by atoms with E-state index in [4.69, 9.17) is 4.74 Å². The Labute approximate surface area is 108 Å². The monoisotopic (exact) mass is 305 g/mol. The first-order valence-electron chi connectivity index (χ1n) is 5.31. The zero-order valence-electron chi connectivity index (χ0n) is 9.46. The highest BCUT2D eigenvalue weighted by atomic mass is 79.9. The molecule has 16 heavy (non-hydrogen) atoms. The number of halogens is 1. The van der Waals surface area contributed by atoms with E-state index in [2.05, 4.69) is 21.2 Å². The molecule has 90 valence electrons. The van der Waals surface area contributed by atoms with Crippen LogP contribution in [0.3, 0.4) is 0 Å². The summed E-state index contributed by atoms with van der Waals surface area (Å²) in [6.45, 7) is 4.93. The fourth-order valence-electron chi connectivity index (χ4n) is 1.31. The van der Waals surface area contributed by atoms with Crippen LogP contribution >= 0.6 is 27.3 Å². The highest BCUT2D eigenvalue weighted by Gasteiger charge is 2.16. The Hall–Kier alpha value is -0.390. The number of esters is 1. The Kier molecular flexibility index (Phi) is 6.01. The maximum atomic E-state index is 11.5. The van der Waals surface area contributed by atoms with Crippen molar-refractivity contribution in [2.24, 2.45) is 0 Å². The fraction of sp³-hybridized carbons (Fsp3) is 0.545. The molecule has 1 atom stereocenters. The quantitative estimate of drug-likeness (QED) is 0.821. The van der Waals surface area contributed by atoms with Gasteiger partial charge in [-0.25, -0.2) is 0 Å². The number of nitrogens with one attached hydrogen (secondary N) is 1. The summed E-state index contributed by atoms with van der Waals surface area (Å²) in [5.74, 6) is -0.166. The number of ether oxygens (including phenoxy) is 1. The van der Waals surface area contributed by atoms with Crippen molar-refractivity contribution in [3.8, 4) is 0 Å². The van der Waals surface area contributed by atoms with Gasteiger partial charge in [-0.05, 0) is 41.4 Å². The van der Waals surface area contributed by atoms with Crippen molar-refractivity contribution in [2.45, 2.75) is 32.9 Å². The van der Waals surface area contributed by atoms with Gasteiger partial charge in [-0.1, -0.05) is 6.92 Å². The third kappa shape index (κ3) is 4.23. The molecule has 0 radical (unpaired) electrons. The lowest BCUT2D eigenvalue weighted by molar-refractivity contribution is -0.145. The van der Waals surface area contributed by atoms with Gasteiger partial charge in [-0.15, -0.1) is 11.3 Å². The Morgan fingerprint density at radius 1 is 1.56 bits per heavy atom. The van der Waals surface area contributed by atoms with Crippen molar-refractivity contribution in [1.82, 2.24) is 5.32 Å². The van der Waals surface area contributed by atoms with Crippen molar-refractivity contribution >= 4 is 33.2 Å². The largest absolute Gasteiger partial charge is 0.465 e. The smallest absolute Gasteiger partial charge is 0.323 e. The topological polar surface area (TPSA) is 38.3 Å². The number of hydrogen-bond donors (Lipinski definition) is 1. The van der Waals surface area contributed by atoms with Crippen LogP contribution in [-0.4, -0.2) is 18.6 Å². The zero-order valence-corrected chi connectivity index (χ0v) is 11.9. The maximum absolute atomic E-state index is 11.5. The minimum Gasteiger partial charge on any atom is -0.465 e. The molecule has 0 aliphatic carbocycles. The third-order valence-corrected chi connectivity index (χ3v) is 3.75. The van der Waals surface area contributed by atoms with Crippen LogP contribution in [0.15, 0.2) is 15.9 Å². The van der Waals surface area contributed by atoms with Gasteiger partial charge in [0.2, 0.25) is 0 Å². The van der Waals surface area contributed by atoms with Crippen LogP contribution in [-0.2, 0) is 16.1 Å². The van der Waals surface area contributed by atoms with Crippen molar-refractivity contribution in [1.29, 1.82) is 0 Å². The van der Waals surface area contributed by atoms with Crippen molar-refractivity contribution in [3.63, 3.8) is 0 Å². The first-order chi connectivity index (χ1) is 7.67. The van der Waals surface area contributed by atoms with E-state index in [1.165, 1.54) is 4.88 Å². The van der Waals surface area contributed by atoms with Crippen LogP contribution in [0.2, 0.25) is 0 Å². The molecule has 0 bridgehead atoms. The number of rotatable bonds is 6. The van der Waals surface area contributed by atoms with Gasteiger partial charge in [0.05, 0.1) is 10.4 Å². The minimum absolute atomic E-state index is 0.166. The van der Waals surface area contributed by atoms with E-state index in [1.807, 2.05) is 26.0 Å². The summed E-state index contributed by atoms with van der Waals surface area (Å²) in [7, 11) is 0. The predicted octanol–water partition coefficient (Wildman–Crippen LogP) is 2.94. The number of carbonyl (C=O) groups excluding carboxylic acids is 1. The molecule has 5 heteroatoms. The maximum Gasteiger partial charge on any atom is 0.323 e. The Balaban J connectivity index is 2.42. The average Bonchev–Trinajstić information content (AvgIpc) is 2.65. The van der Waals surface area contributed by atoms with Crippen LogP contribution in [0.1, 0.15) is 25.1 Å². The number of thiophene rings is 1. The Morgan fingerprint density at radius 3 is 2.81 bits per heavy atom. The molecule has 1 rings (SSSR count). The molecule has 0 aromatic carbocycles. The normalized spacial score (nSPS) is 12.4. The van der Waals surface area contributed by atoms with Gasteiger partial charge >= 0.3 is 5.97 Å². The molecule has 0 amide bonds. The fourth-order valence-corrected chi connectivity index (χ4v) is 2.74. The molecular formula is C11H16BrNO2S. The first-order valence-corrected chi connectivity index (χ1v) is 6.92. The molecule has 0 saturated heterocycles. The SMILES string of the molecule is CCOC(=O)C(CC)NCc1ccc(Br)s1. The molecule has 1 N–H and O–H groups in total. The minimum atomic E-state index is -0.208. The van der Waals surface area contributed by atoms with Crippen LogP contribution in [0.5, 0.6) is 0 Å². The second kappa shape index (κ2) is 7.04. The van der Waals surface area contributed by atoms with E-state index in [0.29, 0.717) is 13.2 Å². The molecule has 0 aliphatic heterocycles. The molecule has 0 fully saturated rings. The molecule has 0 spiro atoms. The van der Waals surface area contributed by atoms with Gasteiger partial charge < -0.3 is 4.74 Å². The van der Waals surface area contributed by atoms with Gasteiger partial charge in [0.15, 0.2) is 0 Å². The van der Waals surface area contributed by atoms with Crippen molar-refractivity contribution in [3.05, 3.63) is 20.8 Å². The summed E-state index contributed by atoms with van der Waals surface area (Å²) < 4.78 is 6.09. The molecule has 0 aliphatic rings.